The Morgan fingerprint density at radius 2 is 1.52 bits per heavy atom. The van der Waals surface area contributed by atoms with Gasteiger partial charge in [0.1, 0.15) is 0 Å². The van der Waals surface area contributed by atoms with Crippen molar-refractivity contribution in [2.45, 2.75) is 19.4 Å². The smallest absolute Gasteiger partial charge is 0.231 e. The van der Waals surface area contributed by atoms with Crippen LogP contribution < -0.4 is 24.3 Å². The maximum absolute atomic E-state index is 5.44. The molecule has 0 aliphatic carbocycles. The molecule has 120 valence electrons. The molecule has 0 saturated carbocycles. The molecule has 0 saturated heterocycles. The molecule has 0 fully saturated rings. The minimum Gasteiger partial charge on any atom is -0.454 e. The van der Waals surface area contributed by atoms with Crippen LogP contribution in [0, 0.1) is 0 Å². The first-order valence-electron chi connectivity index (χ1n) is 7.78. The number of hydrogen-bond acceptors (Lipinski definition) is 5. The zero-order valence-electron chi connectivity index (χ0n) is 13.0. The van der Waals surface area contributed by atoms with Crippen LogP contribution in [0.5, 0.6) is 23.0 Å². The maximum Gasteiger partial charge on any atom is 0.231 e. The minimum atomic E-state index is 0.313. The van der Waals surface area contributed by atoms with Crippen LogP contribution in [0.3, 0.4) is 0 Å². The van der Waals surface area contributed by atoms with Crippen molar-refractivity contribution in [3.63, 3.8) is 0 Å². The lowest BCUT2D eigenvalue weighted by Crippen LogP contribution is -2.19. The van der Waals surface area contributed by atoms with Gasteiger partial charge < -0.3 is 24.3 Å². The van der Waals surface area contributed by atoms with Crippen LogP contribution in [-0.2, 0) is 6.54 Å². The highest BCUT2D eigenvalue weighted by atomic mass is 16.7. The summed E-state index contributed by atoms with van der Waals surface area (Å²) in [7, 11) is 0. The molecule has 1 atom stereocenters. The molecule has 2 aromatic rings. The van der Waals surface area contributed by atoms with Crippen molar-refractivity contribution in [1.82, 2.24) is 5.32 Å². The van der Waals surface area contributed by atoms with Crippen LogP contribution in [0.15, 0.2) is 36.4 Å². The van der Waals surface area contributed by atoms with Gasteiger partial charge in [0.05, 0.1) is 0 Å². The Morgan fingerprint density at radius 1 is 0.870 bits per heavy atom. The molecule has 2 heterocycles. The average molecular weight is 313 g/mol. The molecule has 2 aliphatic heterocycles. The molecule has 0 spiro atoms. The van der Waals surface area contributed by atoms with Crippen LogP contribution in [0.25, 0.3) is 0 Å². The first kappa shape index (κ1) is 14.2. The molecular weight excluding hydrogens is 294 g/mol. The molecule has 1 unspecified atom stereocenters. The largest absolute Gasteiger partial charge is 0.454 e. The van der Waals surface area contributed by atoms with Crippen molar-refractivity contribution < 1.29 is 18.9 Å². The van der Waals surface area contributed by atoms with E-state index in [1.807, 2.05) is 18.2 Å². The summed E-state index contributed by atoms with van der Waals surface area (Å²) < 4.78 is 21.5. The van der Waals surface area contributed by atoms with Crippen molar-refractivity contribution in [2.75, 3.05) is 20.1 Å². The highest BCUT2D eigenvalue weighted by Gasteiger charge is 2.16. The fourth-order valence-electron chi connectivity index (χ4n) is 2.82. The standard InChI is InChI=1S/C18H19NO4/c1-12(14-3-5-16-18(7-14)23-11-21-16)8-19-9-13-2-4-15-17(6-13)22-10-20-15/h2-7,12,19H,8-11H2,1H3. The molecule has 2 aliphatic rings. The van der Waals surface area contributed by atoms with Crippen LogP contribution in [0.1, 0.15) is 24.0 Å². The summed E-state index contributed by atoms with van der Waals surface area (Å²) in [4.78, 5) is 0. The first-order chi connectivity index (χ1) is 11.3. The molecule has 2 aromatic carbocycles. The van der Waals surface area contributed by atoms with E-state index in [-0.39, 0.29) is 0 Å². The molecule has 1 N–H and O–H groups in total. The Bertz CT molecular complexity index is 716. The fourth-order valence-corrected chi connectivity index (χ4v) is 2.82. The molecule has 0 aromatic heterocycles. The lowest BCUT2D eigenvalue weighted by Gasteiger charge is -2.14. The average Bonchev–Trinajstić information content (AvgIpc) is 3.22. The topological polar surface area (TPSA) is 49.0 Å². The van der Waals surface area contributed by atoms with Crippen molar-refractivity contribution >= 4 is 0 Å². The number of fused-ring (bicyclic) bond motifs is 2. The van der Waals surface area contributed by atoms with Gasteiger partial charge in [-0.2, -0.15) is 0 Å². The van der Waals surface area contributed by atoms with Crippen LogP contribution in [0.4, 0.5) is 0 Å². The molecular formula is C18H19NO4. The third-order valence-corrected chi connectivity index (χ3v) is 4.18. The summed E-state index contributed by atoms with van der Waals surface area (Å²) >= 11 is 0. The Balaban J connectivity index is 1.34. The second kappa shape index (κ2) is 6.01. The molecule has 0 bridgehead atoms. The predicted molar refractivity (Wildman–Crippen MR) is 85.3 cm³/mol. The number of hydrogen-bond donors (Lipinski definition) is 1. The van der Waals surface area contributed by atoms with Gasteiger partial charge in [-0.25, -0.2) is 0 Å². The summed E-state index contributed by atoms with van der Waals surface area (Å²) in [6.45, 7) is 4.51. The Morgan fingerprint density at radius 3 is 2.30 bits per heavy atom. The minimum absolute atomic E-state index is 0.313. The highest BCUT2D eigenvalue weighted by Crippen LogP contribution is 2.35. The fraction of sp³-hybridized carbons (Fsp3) is 0.333. The molecule has 4 rings (SSSR count). The zero-order chi connectivity index (χ0) is 15.6. The van der Waals surface area contributed by atoms with Gasteiger partial charge in [-0.05, 0) is 41.3 Å². The van der Waals surface area contributed by atoms with Gasteiger partial charge in [-0.1, -0.05) is 19.1 Å². The molecule has 0 amide bonds. The molecule has 5 nitrogen and oxygen atoms in total. The van der Waals surface area contributed by atoms with Crippen LogP contribution in [0.2, 0.25) is 0 Å². The SMILES string of the molecule is CC(CNCc1ccc2c(c1)OCO2)c1ccc2c(c1)OCO2. The number of rotatable bonds is 5. The van der Waals surface area contributed by atoms with E-state index >= 15 is 0 Å². The Hall–Kier alpha value is -2.40. The van der Waals surface area contributed by atoms with Gasteiger partial charge in [-0.15, -0.1) is 0 Å². The lowest BCUT2D eigenvalue weighted by molar-refractivity contribution is 0.173. The van der Waals surface area contributed by atoms with Gasteiger partial charge in [0.2, 0.25) is 13.6 Å². The normalized spacial score (nSPS) is 15.7. The summed E-state index contributed by atoms with van der Waals surface area (Å²) in [6, 6.07) is 12.2. The molecule has 0 radical (unpaired) electrons. The zero-order valence-corrected chi connectivity index (χ0v) is 13.0. The van der Waals surface area contributed by atoms with Crippen molar-refractivity contribution in [3.05, 3.63) is 47.5 Å². The summed E-state index contributed by atoms with van der Waals surface area (Å²) in [5, 5.41) is 3.49. The van der Waals surface area contributed by atoms with E-state index in [4.69, 9.17) is 18.9 Å². The van der Waals surface area contributed by atoms with Gasteiger partial charge in [0.25, 0.3) is 0 Å². The van der Waals surface area contributed by atoms with Crippen molar-refractivity contribution in [1.29, 1.82) is 0 Å². The monoisotopic (exact) mass is 313 g/mol. The molecule has 5 heteroatoms. The highest BCUT2D eigenvalue weighted by molar-refractivity contribution is 5.46. The van der Waals surface area contributed by atoms with Gasteiger partial charge in [0, 0.05) is 13.1 Å². The van der Waals surface area contributed by atoms with E-state index in [2.05, 4.69) is 30.4 Å². The van der Waals surface area contributed by atoms with Crippen LogP contribution >= 0.6 is 0 Å². The van der Waals surface area contributed by atoms with E-state index in [1.54, 1.807) is 0 Å². The number of benzene rings is 2. The maximum atomic E-state index is 5.44. The van der Waals surface area contributed by atoms with Gasteiger partial charge >= 0.3 is 0 Å². The van der Waals surface area contributed by atoms with E-state index in [1.165, 1.54) is 11.1 Å². The Kier molecular flexibility index (Phi) is 3.71. The number of ether oxygens (including phenoxy) is 4. The third-order valence-electron chi connectivity index (χ3n) is 4.18. The van der Waals surface area contributed by atoms with E-state index < -0.39 is 0 Å². The molecule has 23 heavy (non-hydrogen) atoms. The van der Waals surface area contributed by atoms with E-state index in [9.17, 15) is 0 Å². The van der Waals surface area contributed by atoms with Crippen molar-refractivity contribution in [3.8, 4) is 23.0 Å². The van der Waals surface area contributed by atoms with E-state index in [0.717, 1.165) is 36.1 Å². The second-order valence-corrected chi connectivity index (χ2v) is 5.83. The summed E-state index contributed by atoms with van der Waals surface area (Å²) in [5.41, 5.74) is 2.43. The predicted octanol–water partition coefficient (Wildman–Crippen LogP) is 3.04. The van der Waals surface area contributed by atoms with Gasteiger partial charge in [-0.3, -0.25) is 0 Å². The van der Waals surface area contributed by atoms with Gasteiger partial charge in [0.15, 0.2) is 23.0 Å². The third kappa shape index (κ3) is 2.92. The summed E-state index contributed by atoms with van der Waals surface area (Å²) in [5.74, 6) is 3.70. The van der Waals surface area contributed by atoms with Crippen LogP contribution in [-0.4, -0.2) is 20.1 Å². The van der Waals surface area contributed by atoms with E-state index in [0.29, 0.717) is 19.5 Å². The first-order valence-corrected chi connectivity index (χ1v) is 7.78. The lowest BCUT2D eigenvalue weighted by atomic mass is 10.0. The summed E-state index contributed by atoms with van der Waals surface area (Å²) in [6.07, 6.45) is 0. The quantitative estimate of drug-likeness (QED) is 0.919. The number of nitrogens with one attached hydrogen (secondary N) is 1. The second-order valence-electron chi connectivity index (χ2n) is 5.83. The van der Waals surface area contributed by atoms with Crippen molar-refractivity contribution in [2.24, 2.45) is 0 Å². The Labute approximate surface area is 135 Å².